The molecule has 0 unspecified atom stereocenters. The third-order valence-electron chi connectivity index (χ3n) is 5.51. The van der Waals surface area contributed by atoms with Crippen LogP contribution in [0.2, 0.25) is 0 Å². The minimum Gasteiger partial charge on any atom is -0.379 e. The molecule has 1 aromatic heterocycles. The van der Waals surface area contributed by atoms with Crippen molar-refractivity contribution in [3.05, 3.63) is 17.5 Å². The molecule has 0 bridgehead atoms. The molecule has 0 radical (unpaired) electrons. The zero-order chi connectivity index (χ0) is 17.2. The van der Waals surface area contributed by atoms with Crippen molar-refractivity contribution in [2.24, 2.45) is 7.05 Å². The largest absolute Gasteiger partial charge is 0.379 e. The van der Waals surface area contributed by atoms with Crippen LogP contribution >= 0.6 is 0 Å². The molecule has 4 rings (SSSR count). The summed E-state index contributed by atoms with van der Waals surface area (Å²) < 4.78 is 13.3. The molecule has 2 saturated heterocycles. The Morgan fingerprint density at radius 2 is 2.08 bits per heavy atom. The molecule has 2 aliphatic heterocycles. The van der Waals surface area contributed by atoms with Gasteiger partial charge in [-0.3, -0.25) is 14.4 Å². The number of carbonyl (C=O) groups is 1. The van der Waals surface area contributed by atoms with E-state index in [9.17, 15) is 4.79 Å². The number of nitrogens with one attached hydrogen (secondary N) is 1. The standard InChI is InChI=1S/C18H28N4O3/c1-21-16(15(10-20-21)13-2-3-13)11-19-18(23)17-5-4-14(25-17)12-22-6-8-24-9-7-22/h10,13-14,17H,2-9,11-12H2,1H3,(H,19,23)/t14-,17+/m1/s1. The lowest BCUT2D eigenvalue weighted by atomic mass is 10.1. The molecule has 1 amide bonds. The smallest absolute Gasteiger partial charge is 0.249 e. The van der Waals surface area contributed by atoms with E-state index in [1.165, 1.54) is 18.4 Å². The monoisotopic (exact) mass is 348 g/mol. The second-order valence-electron chi connectivity index (χ2n) is 7.40. The summed E-state index contributed by atoms with van der Waals surface area (Å²) in [6.45, 7) is 4.95. The number of carbonyl (C=O) groups excluding carboxylic acids is 1. The Morgan fingerprint density at radius 3 is 2.84 bits per heavy atom. The highest BCUT2D eigenvalue weighted by Crippen LogP contribution is 2.41. The van der Waals surface area contributed by atoms with E-state index in [4.69, 9.17) is 9.47 Å². The van der Waals surface area contributed by atoms with Gasteiger partial charge in [-0.15, -0.1) is 0 Å². The van der Waals surface area contributed by atoms with Gasteiger partial charge in [0.05, 0.1) is 37.8 Å². The van der Waals surface area contributed by atoms with Gasteiger partial charge in [-0.05, 0) is 37.2 Å². The van der Waals surface area contributed by atoms with Crippen molar-refractivity contribution in [1.82, 2.24) is 20.0 Å². The summed E-state index contributed by atoms with van der Waals surface area (Å²) in [5.74, 6) is 0.647. The van der Waals surface area contributed by atoms with Crippen molar-refractivity contribution < 1.29 is 14.3 Å². The van der Waals surface area contributed by atoms with Crippen LogP contribution in [-0.4, -0.2) is 65.6 Å². The summed E-state index contributed by atoms with van der Waals surface area (Å²) in [7, 11) is 1.94. The van der Waals surface area contributed by atoms with Gasteiger partial charge >= 0.3 is 0 Å². The molecule has 3 aliphatic rings. The van der Waals surface area contributed by atoms with Crippen molar-refractivity contribution in [3.63, 3.8) is 0 Å². The molecular weight excluding hydrogens is 320 g/mol. The molecule has 1 aliphatic carbocycles. The minimum atomic E-state index is -0.316. The Balaban J connectivity index is 1.25. The lowest BCUT2D eigenvalue weighted by molar-refractivity contribution is -0.132. The molecule has 25 heavy (non-hydrogen) atoms. The van der Waals surface area contributed by atoms with Crippen LogP contribution in [0.1, 0.15) is 42.9 Å². The Kier molecular flexibility index (Phi) is 5.05. The zero-order valence-electron chi connectivity index (χ0n) is 14.9. The quantitative estimate of drug-likeness (QED) is 0.823. The minimum absolute atomic E-state index is 0.00687. The first-order valence-electron chi connectivity index (χ1n) is 9.44. The van der Waals surface area contributed by atoms with Crippen LogP contribution in [0.25, 0.3) is 0 Å². The molecule has 138 valence electrons. The molecule has 3 heterocycles. The Labute approximate surface area is 148 Å². The van der Waals surface area contributed by atoms with Gasteiger partial charge in [-0.2, -0.15) is 5.10 Å². The molecule has 0 aromatic carbocycles. The highest BCUT2D eigenvalue weighted by molar-refractivity contribution is 5.81. The van der Waals surface area contributed by atoms with Crippen LogP contribution in [0.15, 0.2) is 6.20 Å². The van der Waals surface area contributed by atoms with Crippen LogP contribution in [0.3, 0.4) is 0 Å². The fourth-order valence-corrected chi connectivity index (χ4v) is 3.82. The van der Waals surface area contributed by atoms with E-state index in [0.29, 0.717) is 12.5 Å². The van der Waals surface area contributed by atoms with Gasteiger partial charge in [0, 0.05) is 26.7 Å². The lowest BCUT2D eigenvalue weighted by Crippen LogP contribution is -2.41. The van der Waals surface area contributed by atoms with E-state index in [1.807, 2.05) is 17.9 Å². The number of rotatable bonds is 6. The van der Waals surface area contributed by atoms with E-state index in [2.05, 4.69) is 15.3 Å². The lowest BCUT2D eigenvalue weighted by Gasteiger charge is -2.28. The molecular formula is C18H28N4O3. The Hall–Kier alpha value is -1.44. The number of hydrogen-bond acceptors (Lipinski definition) is 5. The Bertz CT molecular complexity index is 607. The number of amides is 1. The fourth-order valence-electron chi connectivity index (χ4n) is 3.82. The highest BCUT2D eigenvalue weighted by atomic mass is 16.5. The van der Waals surface area contributed by atoms with Crippen LogP contribution < -0.4 is 5.32 Å². The average molecular weight is 348 g/mol. The molecule has 1 saturated carbocycles. The molecule has 0 spiro atoms. The normalized spacial score (nSPS) is 27.6. The highest BCUT2D eigenvalue weighted by Gasteiger charge is 2.33. The first kappa shape index (κ1) is 17.0. The van der Waals surface area contributed by atoms with Gasteiger partial charge in [0.25, 0.3) is 0 Å². The van der Waals surface area contributed by atoms with E-state index in [-0.39, 0.29) is 18.1 Å². The first-order valence-corrected chi connectivity index (χ1v) is 9.44. The number of ether oxygens (including phenoxy) is 2. The van der Waals surface area contributed by atoms with E-state index in [1.54, 1.807) is 0 Å². The molecule has 7 nitrogen and oxygen atoms in total. The zero-order valence-corrected chi connectivity index (χ0v) is 14.9. The maximum Gasteiger partial charge on any atom is 0.249 e. The van der Waals surface area contributed by atoms with Gasteiger partial charge in [0.15, 0.2) is 0 Å². The van der Waals surface area contributed by atoms with Crippen molar-refractivity contribution >= 4 is 5.91 Å². The molecule has 1 N–H and O–H groups in total. The van der Waals surface area contributed by atoms with Gasteiger partial charge in [-0.1, -0.05) is 0 Å². The second-order valence-corrected chi connectivity index (χ2v) is 7.40. The maximum atomic E-state index is 12.5. The molecule has 7 heteroatoms. The molecule has 1 aromatic rings. The van der Waals surface area contributed by atoms with Gasteiger partial charge < -0.3 is 14.8 Å². The van der Waals surface area contributed by atoms with Crippen LogP contribution in [-0.2, 0) is 27.9 Å². The van der Waals surface area contributed by atoms with Crippen molar-refractivity contribution in [1.29, 1.82) is 0 Å². The van der Waals surface area contributed by atoms with Gasteiger partial charge in [0.1, 0.15) is 6.10 Å². The van der Waals surface area contributed by atoms with E-state index < -0.39 is 0 Å². The van der Waals surface area contributed by atoms with Crippen LogP contribution in [0, 0.1) is 0 Å². The second kappa shape index (κ2) is 7.43. The predicted octanol–water partition coefficient (Wildman–Crippen LogP) is 0.794. The fraction of sp³-hybridized carbons (Fsp3) is 0.778. The van der Waals surface area contributed by atoms with Crippen LogP contribution in [0.5, 0.6) is 0 Å². The number of aryl methyl sites for hydroxylation is 1. The van der Waals surface area contributed by atoms with Crippen molar-refractivity contribution in [2.75, 3.05) is 32.8 Å². The number of hydrogen-bond donors (Lipinski definition) is 1. The number of nitrogens with zero attached hydrogens (tertiary/aromatic N) is 3. The maximum absolute atomic E-state index is 12.5. The summed E-state index contributed by atoms with van der Waals surface area (Å²) in [4.78, 5) is 14.9. The topological polar surface area (TPSA) is 68.6 Å². The number of aromatic nitrogens is 2. The summed E-state index contributed by atoms with van der Waals surface area (Å²) in [5.41, 5.74) is 2.42. The van der Waals surface area contributed by atoms with Crippen LogP contribution in [0.4, 0.5) is 0 Å². The third kappa shape index (κ3) is 4.04. The Morgan fingerprint density at radius 1 is 1.28 bits per heavy atom. The predicted molar refractivity (Wildman–Crippen MR) is 92.2 cm³/mol. The van der Waals surface area contributed by atoms with Crippen molar-refractivity contribution in [3.8, 4) is 0 Å². The molecule has 3 fully saturated rings. The summed E-state index contributed by atoms with van der Waals surface area (Å²) >= 11 is 0. The SMILES string of the molecule is Cn1ncc(C2CC2)c1CNC(=O)[C@@H]1CC[C@H](CN2CCOCC2)O1. The average Bonchev–Trinajstić information content (AvgIpc) is 3.25. The number of morpholine rings is 1. The third-order valence-corrected chi connectivity index (χ3v) is 5.51. The van der Waals surface area contributed by atoms with E-state index >= 15 is 0 Å². The van der Waals surface area contributed by atoms with Gasteiger partial charge in [-0.25, -0.2) is 0 Å². The van der Waals surface area contributed by atoms with E-state index in [0.717, 1.165) is 51.4 Å². The summed E-state index contributed by atoms with van der Waals surface area (Å²) in [5, 5.41) is 7.41. The molecule has 2 atom stereocenters. The summed E-state index contributed by atoms with van der Waals surface area (Å²) in [6, 6.07) is 0. The summed E-state index contributed by atoms with van der Waals surface area (Å²) in [6.07, 6.45) is 6.03. The van der Waals surface area contributed by atoms with Gasteiger partial charge in [0.2, 0.25) is 5.91 Å². The van der Waals surface area contributed by atoms with Crippen molar-refractivity contribution in [2.45, 2.75) is 50.4 Å². The first-order chi connectivity index (χ1) is 12.2.